The van der Waals surface area contributed by atoms with E-state index in [2.05, 4.69) is 47.3 Å². The SMILES string of the molecule is CCC(CC)n1ccc(/C=C2/CCCNC2)n1. The van der Waals surface area contributed by atoms with Gasteiger partial charge in [-0.1, -0.05) is 19.4 Å². The Balaban J connectivity index is 2.07. The Morgan fingerprint density at radius 1 is 1.47 bits per heavy atom. The number of nitrogens with zero attached hydrogens (tertiary/aromatic N) is 2. The van der Waals surface area contributed by atoms with E-state index < -0.39 is 0 Å². The smallest absolute Gasteiger partial charge is 0.0851 e. The lowest BCUT2D eigenvalue weighted by molar-refractivity contribution is 0.428. The summed E-state index contributed by atoms with van der Waals surface area (Å²) in [7, 11) is 0. The topological polar surface area (TPSA) is 29.9 Å². The van der Waals surface area contributed by atoms with Gasteiger partial charge in [-0.05, 0) is 44.4 Å². The van der Waals surface area contributed by atoms with Crippen LogP contribution in [0.5, 0.6) is 0 Å². The highest BCUT2D eigenvalue weighted by Crippen LogP contribution is 2.17. The number of hydrogen-bond donors (Lipinski definition) is 1. The summed E-state index contributed by atoms with van der Waals surface area (Å²) in [5, 5.41) is 8.06. The molecule has 2 heterocycles. The highest BCUT2D eigenvalue weighted by molar-refractivity contribution is 5.49. The maximum absolute atomic E-state index is 4.66. The van der Waals surface area contributed by atoms with Crippen molar-refractivity contribution < 1.29 is 0 Å². The molecule has 1 aromatic rings. The molecule has 1 aromatic heterocycles. The average Bonchev–Trinajstić information content (AvgIpc) is 2.81. The van der Waals surface area contributed by atoms with Crippen LogP contribution in [0.3, 0.4) is 0 Å². The summed E-state index contributed by atoms with van der Waals surface area (Å²) in [6, 6.07) is 2.67. The Kier molecular flexibility index (Phi) is 4.37. The van der Waals surface area contributed by atoms with Crippen molar-refractivity contribution in [3.63, 3.8) is 0 Å². The molecule has 3 heteroatoms. The molecule has 0 unspecified atom stereocenters. The Hall–Kier alpha value is -1.09. The molecule has 0 atom stereocenters. The summed E-state index contributed by atoms with van der Waals surface area (Å²) in [5.74, 6) is 0. The van der Waals surface area contributed by atoms with Gasteiger partial charge in [-0.3, -0.25) is 4.68 Å². The minimum atomic E-state index is 0.548. The summed E-state index contributed by atoms with van der Waals surface area (Å²) in [5.41, 5.74) is 2.58. The first-order valence-electron chi connectivity index (χ1n) is 6.78. The number of piperidine rings is 1. The van der Waals surface area contributed by atoms with E-state index in [9.17, 15) is 0 Å². The van der Waals surface area contributed by atoms with Gasteiger partial charge >= 0.3 is 0 Å². The third-order valence-corrected chi connectivity index (χ3v) is 3.50. The van der Waals surface area contributed by atoms with Gasteiger partial charge in [-0.2, -0.15) is 5.10 Å². The van der Waals surface area contributed by atoms with Gasteiger partial charge < -0.3 is 5.32 Å². The van der Waals surface area contributed by atoms with E-state index in [1.807, 2.05) is 0 Å². The van der Waals surface area contributed by atoms with Crippen molar-refractivity contribution >= 4 is 6.08 Å². The zero-order chi connectivity index (χ0) is 12.1. The summed E-state index contributed by atoms with van der Waals surface area (Å²) in [6.45, 7) is 6.62. The fraction of sp³-hybridized carbons (Fsp3) is 0.643. The van der Waals surface area contributed by atoms with Crippen molar-refractivity contribution in [1.29, 1.82) is 0 Å². The van der Waals surface area contributed by atoms with E-state index in [0.29, 0.717) is 6.04 Å². The van der Waals surface area contributed by atoms with Gasteiger partial charge in [0.1, 0.15) is 0 Å². The molecule has 1 aliphatic heterocycles. The highest BCUT2D eigenvalue weighted by atomic mass is 15.3. The molecular formula is C14H23N3. The quantitative estimate of drug-likeness (QED) is 0.866. The van der Waals surface area contributed by atoms with Crippen molar-refractivity contribution in [3.05, 3.63) is 23.5 Å². The summed E-state index contributed by atoms with van der Waals surface area (Å²) >= 11 is 0. The predicted molar refractivity (Wildman–Crippen MR) is 71.9 cm³/mol. The predicted octanol–water partition coefficient (Wildman–Crippen LogP) is 3.01. The Labute approximate surface area is 104 Å². The van der Waals surface area contributed by atoms with E-state index in [-0.39, 0.29) is 0 Å². The maximum atomic E-state index is 4.66. The lowest BCUT2D eigenvalue weighted by atomic mass is 10.1. The van der Waals surface area contributed by atoms with E-state index in [0.717, 1.165) is 31.6 Å². The minimum absolute atomic E-state index is 0.548. The van der Waals surface area contributed by atoms with Crippen LogP contribution < -0.4 is 5.32 Å². The largest absolute Gasteiger partial charge is 0.313 e. The van der Waals surface area contributed by atoms with Gasteiger partial charge in [0, 0.05) is 12.7 Å². The van der Waals surface area contributed by atoms with Gasteiger partial charge in [0.15, 0.2) is 0 Å². The minimum Gasteiger partial charge on any atom is -0.313 e. The van der Waals surface area contributed by atoms with Crippen LogP contribution in [-0.4, -0.2) is 22.9 Å². The van der Waals surface area contributed by atoms with Crippen LogP contribution in [0.15, 0.2) is 17.8 Å². The zero-order valence-electron chi connectivity index (χ0n) is 10.9. The second-order valence-electron chi connectivity index (χ2n) is 4.77. The van der Waals surface area contributed by atoms with Crippen LogP contribution in [0.4, 0.5) is 0 Å². The molecule has 0 radical (unpaired) electrons. The molecule has 1 N–H and O–H groups in total. The molecule has 0 bridgehead atoms. The van der Waals surface area contributed by atoms with Gasteiger partial charge in [0.25, 0.3) is 0 Å². The molecule has 2 rings (SSSR count). The average molecular weight is 233 g/mol. The molecular weight excluding hydrogens is 210 g/mol. The third-order valence-electron chi connectivity index (χ3n) is 3.50. The van der Waals surface area contributed by atoms with Crippen molar-refractivity contribution in [2.45, 2.75) is 45.6 Å². The number of hydrogen-bond acceptors (Lipinski definition) is 2. The van der Waals surface area contributed by atoms with Crippen molar-refractivity contribution in [1.82, 2.24) is 15.1 Å². The third kappa shape index (κ3) is 3.19. The molecule has 3 nitrogen and oxygen atoms in total. The van der Waals surface area contributed by atoms with Gasteiger partial charge in [-0.25, -0.2) is 0 Å². The highest BCUT2D eigenvalue weighted by Gasteiger charge is 2.08. The van der Waals surface area contributed by atoms with E-state index >= 15 is 0 Å². The number of rotatable bonds is 4. The van der Waals surface area contributed by atoms with Crippen molar-refractivity contribution in [2.24, 2.45) is 0 Å². The van der Waals surface area contributed by atoms with Gasteiger partial charge in [0.2, 0.25) is 0 Å². The molecule has 17 heavy (non-hydrogen) atoms. The van der Waals surface area contributed by atoms with Gasteiger partial charge in [-0.15, -0.1) is 0 Å². The van der Waals surface area contributed by atoms with Crippen LogP contribution in [0.25, 0.3) is 6.08 Å². The Morgan fingerprint density at radius 3 is 2.94 bits per heavy atom. The first-order valence-corrected chi connectivity index (χ1v) is 6.78. The first kappa shape index (κ1) is 12.4. The summed E-state index contributed by atoms with van der Waals surface area (Å²) in [4.78, 5) is 0. The summed E-state index contributed by atoms with van der Waals surface area (Å²) < 4.78 is 2.11. The van der Waals surface area contributed by atoms with Crippen LogP contribution >= 0.6 is 0 Å². The fourth-order valence-electron chi connectivity index (χ4n) is 2.41. The molecule has 1 fully saturated rings. The number of aromatic nitrogens is 2. The standard InChI is InChI=1S/C14H23N3/c1-3-14(4-2)17-9-7-13(16-17)10-12-6-5-8-15-11-12/h7,9-10,14-15H,3-6,8,11H2,1-2H3/b12-10-. The molecule has 0 spiro atoms. The normalized spacial score (nSPS) is 19.1. The molecule has 0 aromatic carbocycles. The fourth-order valence-corrected chi connectivity index (χ4v) is 2.41. The molecule has 1 aliphatic rings. The van der Waals surface area contributed by atoms with Crippen molar-refractivity contribution in [3.8, 4) is 0 Å². The Morgan fingerprint density at radius 2 is 2.29 bits per heavy atom. The lowest BCUT2D eigenvalue weighted by Crippen LogP contribution is -2.23. The summed E-state index contributed by atoms with van der Waals surface area (Å²) in [6.07, 6.45) is 9.11. The zero-order valence-corrected chi connectivity index (χ0v) is 10.9. The van der Waals surface area contributed by atoms with Crippen LogP contribution in [-0.2, 0) is 0 Å². The monoisotopic (exact) mass is 233 g/mol. The molecule has 94 valence electrons. The lowest BCUT2D eigenvalue weighted by Gasteiger charge is -2.15. The van der Waals surface area contributed by atoms with E-state index in [1.54, 1.807) is 0 Å². The van der Waals surface area contributed by atoms with Crippen LogP contribution in [0.1, 0.15) is 51.3 Å². The van der Waals surface area contributed by atoms with E-state index in [1.165, 1.54) is 18.4 Å². The van der Waals surface area contributed by atoms with Crippen molar-refractivity contribution in [2.75, 3.05) is 13.1 Å². The molecule has 0 amide bonds. The van der Waals surface area contributed by atoms with Crippen LogP contribution in [0.2, 0.25) is 0 Å². The van der Waals surface area contributed by atoms with E-state index in [4.69, 9.17) is 0 Å². The Bertz CT molecular complexity index is 367. The molecule has 0 aliphatic carbocycles. The van der Waals surface area contributed by atoms with Gasteiger partial charge in [0.05, 0.1) is 11.7 Å². The second-order valence-corrected chi connectivity index (χ2v) is 4.77. The number of nitrogens with one attached hydrogen (secondary N) is 1. The first-order chi connectivity index (χ1) is 8.33. The second kappa shape index (κ2) is 6.01. The molecule has 0 saturated carbocycles. The maximum Gasteiger partial charge on any atom is 0.0851 e. The molecule has 1 saturated heterocycles. The van der Waals surface area contributed by atoms with Crippen LogP contribution in [0, 0.1) is 0 Å².